The summed E-state index contributed by atoms with van der Waals surface area (Å²) in [7, 11) is 3.56. The fourth-order valence-corrected chi connectivity index (χ4v) is 4.89. The molecule has 3 aliphatic heterocycles. The zero-order chi connectivity index (χ0) is 23.1. The largest absolute Gasteiger partial charge is 0.476 e. The van der Waals surface area contributed by atoms with E-state index in [1.54, 1.807) is 25.1 Å². The molecular weight excluding hydrogens is 422 g/mol. The van der Waals surface area contributed by atoms with E-state index in [0.717, 1.165) is 42.9 Å². The van der Waals surface area contributed by atoms with Crippen molar-refractivity contribution in [1.29, 1.82) is 0 Å². The fourth-order valence-electron chi connectivity index (χ4n) is 4.89. The molecule has 8 heteroatoms. The number of benzene rings is 1. The van der Waals surface area contributed by atoms with Crippen molar-refractivity contribution in [3.05, 3.63) is 51.2 Å². The number of hydrogen-bond donors (Lipinski definition) is 0. The number of ether oxygens (including phenoxy) is 3. The minimum Gasteiger partial charge on any atom is -0.476 e. The Labute approximate surface area is 193 Å². The number of amides is 2. The standard InChI is InChI=1S/C25H31N3O5/c1-16-22(29)11-23(33-15-20-14-31-8-9-32-20)28-7-6-18-10-17(4-5-21(18)24(16)28)19-12-27(13-19)25(30)26(2)3/h4-5,10-11,19-20H,6-9,12-15H2,1-3H3. The lowest BCUT2D eigenvalue weighted by molar-refractivity contribution is -0.102. The third-order valence-electron chi connectivity index (χ3n) is 6.81. The predicted octanol–water partition coefficient (Wildman–Crippen LogP) is 2.25. The zero-order valence-corrected chi connectivity index (χ0v) is 19.5. The summed E-state index contributed by atoms with van der Waals surface area (Å²) in [6, 6.07) is 8.17. The Balaban J connectivity index is 1.38. The molecule has 3 aliphatic rings. The van der Waals surface area contributed by atoms with Gasteiger partial charge in [-0.3, -0.25) is 4.79 Å². The van der Waals surface area contributed by atoms with Crippen molar-refractivity contribution in [2.24, 2.45) is 0 Å². The van der Waals surface area contributed by atoms with Crippen LogP contribution in [0.3, 0.4) is 0 Å². The van der Waals surface area contributed by atoms with Crippen LogP contribution in [0, 0.1) is 6.92 Å². The predicted molar refractivity (Wildman–Crippen MR) is 124 cm³/mol. The van der Waals surface area contributed by atoms with Gasteiger partial charge >= 0.3 is 6.03 Å². The van der Waals surface area contributed by atoms with E-state index in [1.807, 2.05) is 11.8 Å². The smallest absolute Gasteiger partial charge is 0.319 e. The summed E-state index contributed by atoms with van der Waals surface area (Å²) in [5.41, 5.74) is 5.23. The number of pyridine rings is 1. The highest BCUT2D eigenvalue weighted by Gasteiger charge is 2.33. The van der Waals surface area contributed by atoms with E-state index in [-0.39, 0.29) is 17.6 Å². The first-order valence-electron chi connectivity index (χ1n) is 11.6. The molecule has 1 atom stereocenters. The second kappa shape index (κ2) is 8.83. The van der Waals surface area contributed by atoms with Gasteiger partial charge in [-0.2, -0.15) is 0 Å². The van der Waals surface area contributed by atoms with Gasteiger partial charge in [-0.1, -0.05) is 18.2 Å². The molecule has 1 unspecified atom stereocenters. The average molecular weight is 454 g/mol. The maximum atomic E-state index is 12.8. The Morgan fingerprint density at radius 3 is 2.76 bits per heavy atom. The summed E-state index contributed by atoms with van der Waals surface area (Å²) in [4.78, 5) is 28.4. The first-order valence-corrected chi connectivity index (χ1v) is 11.6. The number of hydrogen-bond acceptors (Lipinski definition) is 5. The fraction of sp³-hybridized carbons (Fsp3) is 0.520. The number of carbonyl (C=O) groups excluding carboxylic acids is 1. The average Bonchev–Trinajstić information content (AvgIpc) is 2.79. The molecule has 1 aromatic carbocycles. The number of fused-ring (bicyclic) bond motifs is 3. The third kappa shape index (κ3) is 4.13. The molecule has 2 amide bonds. The van der Waals surface area contributed by atoms with Crippen LogP contribution in [0.5, 0.6) is 5.88 Å². The molecule has 33 heavy (non-hydrogen) atoms. The van der Waals surface area contributed by atoms with Gasteiger partial charge in [0, 0.05) is 56.8 Å². The minimum atomic E-state index is -0.119. The second-order valence-corrected chi connectivity index (χ2v) is 9.30. The summed E-state index contributed by atoms with van der Waals surface area (Å²) in [5, 5.41) is 0. The number of likely N-dealkylation sites (tertiary alicyclic amines) is 1. The molecule has 2 aromatic rings. The molecule has 0 spiro atoms. The molecule has 0 radical (unpaired) electrons. The Morgan fingerprint density at radius 2 is 2.03 bits per heavy atom. The number of urea groups is 1. The molecule has 2 saturated heterocycles. The van der Waals surface area contributed by atoms with Crippen molar-refractivity contribution >= 4 is 6.03 Å². The van der Waals surface area contributed by atoms with Crippen molar-refractivity contribution in [1.82, 2.24) is 14.4 Å². The second-order valence-electron chi connectivity index (χ2n) is 9.30. The van der Waals surface area contributed by atoms with Crippen molar-refractivity contribution < 1.29 is 19.0 Å². The lowest BCUT2D eigenvalue weighted by atomic mass is 9.86. The van der Waals surface area contributed by atoms with Gasteiger partial charge in [0.1, 0.15) is 12.7 Å². The first kappa shape index (κ1) is 22.0. The Hall–Kier alpha value is -2.84. The number of nitrogens with zero attached hydrogens (tertiary/aromatic N) is 3. The maximum absolute atomic E-state index is 12.8. The Kier molecular flexibility index (Phi) is 5.88. The van der Waals surface area contributed by atoms with Crippen LogP contribution in [0.15, 0.2) is 29.1 Å². The van der Waals surface area contributed by atoms with Gasteiger partial charge in [-0.05, 0) is 24.5 Å². The quantitative estimate of drug-likeness (QED) is 0.710. The maximum Gasteiger partial charge on any atom is 0.319 e. The van der Waals surface area contributed by atoms with Crippen LogP contribution in [-0.2, 0) is 22.4 Å². The van der Waals surface area contributed by atoms with Gasteiger partial charge in [0.2, 0.25) is 0 Å². The highest BCUT2D eigenvalue weighted by Crippen LogP contribution is 2.37. The molecular formula is C25H31N3O5. The van der Waals surface area contributed by atoms with Gasteiger partial charge in [-0.25, -0.2) is 4.79 Å². The molecule has 0 bridgehead atoms. The minimum absolute atomic E-state index is 0.0224. The number of rotatable bonds is 4. The first-order chi connectivity index (χ1) is 15.9. The van der Waals surface area contributed by atoms with E-state index in [2.05, 4.69) is 22.8 Å². The van der Waals surface area contributed by atoms with Crippen LogP contribution < -0.4 is 10.2 Å². The van der Waals surface area contributed by atoms with Gasteiger partial charge in [0.15, 0.2) is 11.3 Å². The molecule has 4 heterocycles. The van der Waals surface area contributed by atoms with Crippen LogP contribution in [-0.4, -0.2) is 80.1 Å². The van der Waals surface area contributed by atoms with E-state index < -0.39 is 0 Å². The number of aromatic nitrogens is 1. The van der Waals surface area contributed by atoms with Crippen LogP contribution in [0.1, 0.15) is 22.6 Å². The van der Waals surface area contributed by atoms with Crippen molar-refractivity contribution in [2.75, 3.05) is 53.6 Å². The third-order valence-corrected chi connectivity index (χ3v) is 6.81. The summed E-state index contributed by atoms with van der Waals surface area (Å²) in [6.45, 7) is 6.17. The summed E-state index contributed by atoms with van der Waals surface area (Å²) in [5.74, 6) is 0.943. The van der Waals surface area contributed by atoms with E-state index in [1.165, 1.54) is 11.1 Å². The Bertz CT molecular complexity index is 1110. The van der Waals surface area contributed by atoms with Crippen LogP contribution in [0.25, 0.3) is 11.3 Å². The molecule has 176 valence electrons. The van der Waals surface area contributed by atoms with Gasteiger partial charge in [0.05, 0.1) is 25.5 Å². The number of aryl methyl sites for hydroxylation is 1. The summed E-state index contributed by atoms with van der Waals surface area (Å²) < 4.78 is 19.3. The van der Waals surface area contributed by atoms with E-state index >= 15 is 0 Å². The van der Waals surface area contributed by atoms with Crippen molar-refractivity contribution in [3.63, 3.8) is 0 Å². The van der Waals surface area contributed by atoms with Gasteiger partial charge < -0.3 is 28.6 Å². The molecule has 8 nitrogen and oxygen atoms in total. The normalized spacial score (nSPS) is 20.0. The molecule has 2 fully saturated rings. The highest BCUT2D eigenvalue weighted by molar-refractivity contribution is 5.75. The van der Waals surface area contributed by atoms with Gasteiger partial charge in [0.25, 0.3) is 0 Å². The lowest BCUT2D eigenvalue weighted by Crippen LogP contribution is -2.52. The van der Waals surface area contributed by atoms with Crippen molar-refractivity contribution in [2.45, 2.75) is 31.9 Å². The SMILES string of the molecule is Cc1c2n(c(OCC3COCCO3)cc1=O)CCc1cc(C3CN(C(=O)N(C)C)C3)ccc1-2. The lowest BCUT2D eigenvalue weighted by Gasteiger charge is -2.41. The van der Waals surface area contributed by atoms with E-state index in [9.17, 15) is 9.59 Å². The van der Waals surface area contributed by atoms with E-state index in [0.29, 0.717) is 38.2 Å². The molecule has 5 rings (SSSR count). The van der Waals surface area contributed by atoms with Crippen molar-refractivity contribution in [3.8, 4) is 17.1 Å². The molecule has 1 aromatic heterocycles. The Morgan fingerprint density at radius 1 is 1.21 bits per heavy atom. The molecule has 0 aliphatic carbocycles. The van der Waals surface area contributed by atoms with Crippen LogP contribution in [0.2, 0.25) is 0 Å². The number of carbonyl (C=O) groups is 1. The molecule has 0 saturated carbocycles. The molecule has 0 N–H and O–H groups in total. The summed E-state index contributed by atoms with van der Waals surface area (Å²) in [6.07, 6.45) is 0.747. The monoisotopic (exact) mass is 453 g/mol. The van der Waals surface area contributed by atoms with Crippen LogP contribution >= 0.6 is 0 Å². The highest BCUT2D eigenvalue weighted by atomic mass is 16.6. The topological polar surface area (TPSA) is 73.2 Å². The summed E-state index contributed by atoms with van der Waals surface area (Å²) >= 11 is 0. The zero-order valence-electron chi connectivity index (χ0n) is 19.5. The van der Waals surface area contributed by atoms with Crippen LogP contribution in [0.4, 0.5) is 4.79 Å². The van der Waals surface area contributed by atoms with E-state index in [4.69, 9.17) is 14.2 Å². The van der Waals surface area contributed by atoms with Gasteiger partial charge in [-0.15, -0.1) is 0 Å².